The molecule has 3 aromatic carbocycles. The molecule has 3 amide bonds. The van der Waals surface area contributed by atoms with Gasteiger partial charge < -0.3 is 35.3 Å². The van der Waals surface area contributed by atoms with Crippen LogP contribution in [0.3, 0.4) is 0 Å². The van der Waals surface area contributed by atoms with Gasteiger partial charge in [0.15, 0.2) is 10.3 Å². The maximum atomic E-state index is 14.1. The van der Waals surface area contributed by atoms with Gasteiger partial charge in [0.05, 0.1) is 22.8 Å². The lowest BCUT2D eigenvalue weighted by atomic mass is 9.86. The van der Waals surface area contributed by atoms with Crippen molar-refractivity contribution in [1.29, 1.82) is 0 Å². The highest BCUT2D eigenvalue weighted by Gasteiger charge is 2.22. The van der Waals surface area contributed by atoms with E-state index in [1.165, 1.54) is 94.5 Å². The number of amides is 3. The molecule has 1 aliphatic rings. The molecule has 6 rings (SSSR count). The SMILES string of the molecule is CCCCCCCN(CCCCCSc1nc(-c2ccc(O)cc2)c(-c2ccc(O)cc2)[nH]1)C(=O)Nc1ccc(F)cc1F.CCCCCCCN(CCCCCSc1nc(C(C)C)c(C(C)C)[nH]1)C(=O)CC1CCCCC1. The summed E-state index contributed by atoms with van der Waals surface area (Å²) in [4.78, 5) is 46.7. The number of imidazole rings is 2. The quantitative estimate of drug-likeness (QED) is 0.0206. The highest BCUT2D eigenvalue weighted by Crippen LogP contribution is 2.35. The zero-order chi connectivity index (χ0) is 56.1. The highest BCUT2D eigenvalue weighted by atomic mass is 32.2. The molecule has 1 saturated carbocycles. The molecule has 0 saturated heterocycles. The molecule has 430 valence electrons. The molecule has 1 fully saturated rings. The molecule has 0 unspecified atom stereocenters. The van der Waals surface area contributed by atoms with Gasteiger partial charge in [-0.05, 0) is 130 Å². The molecule has 0 radical (unpaired) electrons. The maximum Gasteiger partial charge on any atom is 0.321 e. The number of phenols is 2. The van der Waals surface area contributed by atoms with Crippen molar-refractivity contribution < 1.29 is 28.6 Å². The third-order valence-electron chi connectivity index (χ3n) is 14.5. The minimum Gasteiger partial charge on any atom is -0.508 e. The molecular formula is C63H93F2N7O4S2. The monoisotopic (exact) mass is 1110 g/mol. The fourth-order valence-electron chi connectivity index (χ4n) is 9.95. The molecule has 5 aromatic rings. The number of hydrogen-bond donors (Lipinski definition) is 5. The topological polar surface area (TPSA) is 150 Å². The third kappa shape index (κ3) is 22.6. The Bertz CT molecular complexity index is 2390. The zero-order valence-electron chi connectivity index (χ0n) is 48.0. The number of unbranched alkanes of at least 4 members (excludes halogenated alkanes) is 12. The van der Waals surface area contributed by atoms with Crippen molar-refractivity contribution in [3.63, 3.8) is 0 Å². The summed E-state index contributed by atoms with van der Waals surface area (Å²) in [7, 11) is 0. The van der Waals surface area contributed by atoms with Crippen molar-refractivity contribution >= 4 is 41.1 Å². The maximum absolute atomic E-state index is 14.1. The number of phenolic OH excluding ortho intramolecular Hbond substituents is 2. The number of nitrogens with zero attached hydrogens (tertiary/aromatic N) is 4. The third-order valence-corrected chi connectivity index (χ3v) is 16.4. The van der Waals surface area contributed by atoms with Crippen LogP contribution in [0.25, 0.3) is 22.5 Å². The van der Waals surface area contributed by atoms with E-state index >= 15 is 0 Å². The lowest BCUT2D eigenvalue weighted by molar-refractivity contribution is -0.132. The Morgan fingerprint density at radius 1 is 0.628 bits per heavy atom. The number of aromatic amines is 2. The number of benzene rings is 3. The first-order chi connectivity index (χ1) is 37.8. The summed E-state index contributed by atoms with van der Waals surface area (Å²) in [6.07, 6.45) is 25.1. The van der Waals surface area contributed by atoms with Gasteiger partial charge in [0.25, 0.3) is 0 Å². The average molecular weight is 1110 g/mol. The summed E-state index contributed by atoms with van der Waals surface area (Å²) in [5, 5.41) is 23.9. The number of anilines is 1. The van der Waals surface area contributed by atoms with E-state index in [4.69, 9.17) is 9.97 Å². The standard InChI is InChI=1S/C34H40F2N4O3S.C29H53N3OS/c1-2-3-4-5-7-20-40(34(43)37-30-19-14-26(35)23-29(30)36)21-8-6-9-22-44-33-38-31(24-10-15-27(41)16-11-24)32(39-33)25-12-17-28(42)18-13-25;1-6-7-8-9-14-19-32(26(33)22-25-17-12-10-13-18-25)20-15-11-16-21-34-29-30-27(23(2)3)28(31-29)24(4)5/h10-19,23,41-42H,2-9,20-22H2,1H3,(H,37,43)(H,38,39);23-25H,6-22H2,1-5H3,(H,30,31). The Morgan fingerprint density at radius 3 is 1.65 bits per heavy atom. The molecular weight excluding hydrogens is 1020 g/mol. The number of halogens is 2. The Morgan fingerprint density at radius 2 is 1.14 bits per heavy atom. The van der Waals surface area contributed by atoms with E-state index in [1.54, 1.807) is 40.9 Å². The normalized spacial score (nSPS) is 12.7. The number of rotatable bonds is 33. The van der Waals surface area contributed by atoms with Crippen LogP contribution in [0.15, 0.2) is 77.0 Å². The molecule has 2 heterocycles. The van der Waals surface area contributed by atoms with E-state index in [2.05, 4.69) is 61.7 Å². The Balaban J connectivity index is 0.000000298. The second-order valence-electron chi connectivity index (χ2n) is 21.8. The molecule has 2 aromatic heterocycles. The molecule has 11 nitrogen and oxygen atoms in total. The zero-order valence-corrected chi connectivity index (χ0v) is 49.6. The molecule has 0 atom stereocenters. The highest BCUT2D eigenvalue weighted by molar-refractivity contribution is 7.99. The van der Waals surface area contributed by atoms with Crippen LogP contribution in [0, 0.1) is 17.6 Å². The molecule has 0 bridgehead atoms. The number of aromatic hydroxyl groups is 2. The van der Waals surface area contributed by atoms with Crippen LogP contribution in [0.4, 0.5) is 19.3 Å². The number of aromatic nitrogens is 4. The molecule has 0 aliphatic heterocycles. The van der Waals surface area contributed by atoms with Gasteiger partial charge in [-0.2, -0.15) is 0 Å². The molecule has 0 spiro atoms. The molecule has 15 heteroatoms. The van der Waals surface area contributed by atoms with Crippen LogP contribution < -0.4 is 5.32 Å². The van der Waals surface area contributed by atoms with E-state index in [1.807, 2.05) is 36.0 Å². The number of thioether (sulfide) groups is 2. The predicted molar refractivity (Wildman–Crippen MR) is 321 cm³/mol. The molecule has 5 N–H and O–H groups in total. The van der Waals surface area contributed by atoms with Gasteiger partial charge in [0.1, 0.15) is 23.1 Å². The number of urea groups is 1. The summed E-state index contributed by atoms with van der Waals surface area (Å²) in [5.41, 5.74) is 5.83. The van der Waals surface area contributed by atoms with E-state index in [9.17, 15) is 28.6 Å². The van der Waals surface area contributed by atoms with Gasteiger partial charge in [0, 0.05) is 67.0 Å². The summed E-state index contributed by atoms with van der Waals surface area (Å²) in [6, 6.07) is 16.6. The van der Waals surface area contributed by atoms with E-state index < -0.39 is 11.6 Å². The Labute approximate surface area is 474 Å². The average Bonchev–Trinajstić information content (AvgIpc) is 4.08. The number of carbonyl (C=O) groups is 2. The molecule has 1 aliphatic carbocycles. The van der Waals surface area contributed by atoms with Gasteiger partial charge in [-0.1, -0.05) is 149 Å². The minimum atomic E-state index is -0.793. The van der Waals surface area contributed by atoms with Crippen LogP contribution in [0.5, 0.6) is 11.5 Å². The lowest BCUT2D eigenvalue weighted by Gasteiger charge is -2.27. The van der Waals surface area contributed by atoms with Crippen LogP contribution >= 0.6 is 23.5 Å². The fraction of sp³-hybridized carbons (Fsp3) is 0.587. The van der Waals surface area contributed by atoms with Crippen molar-refractivity contribution in [3.8, 4) is 34.0 Å². The summed E-state index contributed by atoms with van der Waals surface area (Å²) >= 11 is 3.46. The first-order valence-corrected chi connectivity index (χ1v) is 31.6. The van der Waals surface area contributed by atoms with Gasteiger partial charge in [-0.3, -0.25) is 4.79 Å². The minimum absolute atomic E-state index is 0.0272. The summed E-state index contributed by atoms with van der Waals surface area (Å²) < 4.78 is 27.4. The Hall–Kier alpha value is -5.02. The van der Waals surface area contributed by atoms with Crippen LogP contribution in [-0.4, -0.2) is 89.6 Å². The predicted octanol–water partition coefficient (Wildman–Crippen LogP) is 17.9. The fourth-order valence-corrected chi connectivity index (χ4v) is 11.7. The van der Waals surface area contributed by atoms with Crippen LogP contribution in [0.2, 0.25) is 0 Å². The van der Waals surface area contributed by atoms with E-state index in [0.717, 1.165) is 134 Å². The van der Waals surface area contributed by atoms with Crippen molar-refractivity contribution in [2.75, 3.05) is 43.0 Å². The number of nitrogens with one attached hydrogen (secondary N) is 3. The van der Waals surface area contributed by atoms with Gasteiger partial charge in [0.2, 0.25) is 5.91 Å². The van der Waals surface area contributed by atoms with E-state index in [-0.39, 0.29) is 23.2 Å². The second-order valence-corrected chi connectivity index (χ2v) is 24.0. The summed E-state index contributed by atoms with van der Waals surface area (Å²) in [5.74, 6) is 2.81. The first kappa shape index (κ1) is 63.8. The van der Waals surface area contributed by atoms with Crippen LogP contribution in [-0.2, 0) is 4.79 Å². The van der Waals surface area contributed by atoms with E-state index in [0.29, 0.717) is 36.8 Å². The Kier molecular flexibility index (Phi) is 29.1. The van der Waals surface area contributed by atoms with Crippen molar-refractivity contribution in [2.24, 2.45) is 5.92 Å². The largest absolute Gasteiger partial charge is 0.508 e. The number of hydrogen-bond acceptors (Lipinski definition) is 8. The smallest absolute Gasteiger partial charge is 0.321 e. The number of carbonyl (C=O) groups excluding carboxylic acids is 2. The van der Waals surface area contributed by atoms with Gasteiger partial charge >= 0.3 is 6.03 Å². The van der Waals surface area contributed by atoms with Crippen molar-refractivity contribution in [3.05, 3.63) is 89.8 Å². The van der Waals surface area contributed by atoms with Crippen molar-refractivity contribution in [1.82, 2.24) is 29.7 Å². The van der Waals surface area contributed by atoms with Gasteiger partial charge in [-0.15, -0.1) is 0 Å². The molecule has 78 heavy (non-hydrogen) atoms. The van der Waals surface area contributed by atoms with Gasteiger partial charge in [-0.25, -0.2) is 23.5 Å². The number of H-pyrrole nitrogens is 2. The summed E-state index contributed by atoms with van der Waals surface area (Å²) in [6.45, 7) is 16.4. The van der Waals surface area contributed by atoms with Crippen LogP contribution in [0.1, 0.15) is 206 Å². The van der Waals surface area contributed by atoms with Crippen molar-refractivity contribution in [2.45, 2.75) is 205 Å². The second kappa shape index (κ2) is 35.6. The first-order valence-electron chi connectivity index (χ1n) is 29.6. The lowest BCUT2D eigenvalue weighted by Crippen LogP contribution is -2.36.